The number of rotatable bonds is 3. The number of hydrogen-bond donors (Lipinski definition) is 0. The first-order valence-electron chi connectivity index (χ1n) is 4.27. The van der Waals surface area contributed by atoms with Crippen molar-refractivity contribution in [1.82, 2.24) is 0 Å². The van der Waals surface area contributed by atoms with Crippen molar-refractivity contribution in [3.05, 3.63) is 0 Å². The van der Waals surface area contributed by atoms with Gasteiger partial charge in [-0.3, -0.25) is 4.18 Å². The molecule has 5 heteroatoms. The fraction of sp³-hybridized carbons (Fsp3) is 1.00. The smallest absolute Gasteiger partial charge is 0.264 e. The zero-order valence-electron chi connectivity index (χ0n) is 8.24. The van der Waals surface area contributed by atoms with Gasteiger partial charge in [0.05, 0.1) is 25.1 Å². The average Bonchev–Trinajstić information content (AvgIpc) is 2.24. The molecule has 0 aromatic carbocycles. The molecule has 0 amide bonds. The molecule has 0 radical (unpaired) electrons. The van der Waals surface area contributed by atoms with Crippen molar-refractivity contribution in [3.63, 3.8) is 0 Å². The first-order chi connectivity index (χ1) is 5.79. The minimum Gasteiger partial charge on any atom is -0.375 e. The maximum absolute atomic E-state index is 10.7. The van der Waals surface area contributed by atoms with Gasteiger partial charge < -0.3 is 4.74 Å². The van der Waals surface area contributed by atoms with Crippen LogP contribution in [-0.4, -0.2) is 33.5 Å². The molecule has 0 spiro atoms. The highest BCUT2D eigenvalue weighted by molar-refractivity contribution is 7.85. The molecule has 1 heterocycles. The molecule has 78 valence electrons. The molecule has 4 nitrogen and oxygen atoms in total. The third-order valence-corrected chi connectivity index (χ3v) is 2.57. The Bertz CT molecular complexity index is 268. The summed E-state index contributed by atoms with van der Waals surface area (Å²) in [4.78, 5) is 0. The van der Waals surface area contributed by atoms with Crippen LogP contribution in [0.25, 0.3) is 0 Å². The van der Waals surface area contributed by atoms with Gasteiger partial charge in [0, 0.05) is 5.92 Å². The van der Waals surface area contributed by atoms with Gasteiger partial charge >= 0.3 is 0 Å². The molecule has 1 saturated heterocycles. The summed E-state index contributed by atoms with van der Waals surface area (Å²) in [6.45, 7) is 4.81. The van der Waals surface area contributed by atoms with Crippen molar-refractivity contribution in [2.75, 3.05) is 19.5 Å². The predicted octanol–water partition coefficient (Wildman–Crippen LogP) is 0.778. The summed E-state index contributed by atoms with van der Waals surface area (Å²) in [7, 11) is -3.30. The summed E-state index contributed by atoms with van der Waals surface area (Å²) in [5, 5.41) is 0. The van der Waals surface area contributed by atoms with Crippen LogP contribution in [0.15, 0.2) is 0 Å². The maximum Gasteiger partial charge on any atom is 0.264 e. The summed E-state index contributed by atoms with van der Waals surface area (Å²) in [6.07, 6.45) is 1.91. The Hall–Kier alpha value is -0.130. The Morgan fingerprint density at radius 2 is 2.15 bits per heavy atom. The van der Waals surface area contributed by atoms with Crippen molar-refractivity contribution < 1.29 is 17.3 Å². The van der Waals surface area contributed by atoms with E-state index in [4.69, 9.17) is 8.92 Å². The maximum atomic E-state index is 10.7. The minimum atomic E-state index is -3.30. The summed E-state index contributed by atoms with van der Waals surface area (Å²) >= 11 is 0. The van der Waals surface area contributed by atoms with Gasteiger partial charge in [0.25, 0.3) is 10.1 Å². The highest BCUT2D eigenvalue weighted by Crippen LogP contribution is 2.29. The third kappa shape index (κ3) is 4.06. The second-order valence-electron chi connectivity index (χ2n) is 4.13. The molecule has 0 saturated carbocycles. The van der Waals surface area contributed by atoms with Crippen LogP contribution < -0.4 is 0 Å². The predicted molar refractivity (Wildman–Crippen MR) is 48.9 cm³/mol. The molecule has 1 unspecified atom stereocenters. The van der Waals surface area contributed by atoms with E-state index < -0.39 is 10.1 Å². The largest absolute Gasteiger partial charge is 0.375 e. The molecular formula is C8H16O4S. The second kappa shape index (κ2) is 3.55. The van der Waals surface area contributed by atoms with Gasteiger partial charge in [-0.1, -0.05) is 0 Å². The highest BCUT2D eigenvalue weighted by atomic mass is 32.2. The van der Waals surface area contributed by atoms with E-state index in [9.17, 15) is 8.42 Å². The molecule has 0 N–H and O–H groups in total. The van der Waals surface area contributed by atoms with Crippen molar-refractivity contribution >= 4 is 10.1 Å². The van der Waals surface area contributed by atoms with Crippen molar-refractivity contribution in [2.24, 2.45) is 5.92 Å². The Labute approximate surface area is 79.3 Å². The number of ether oxygens (including phenoxy) is 1. The standard InChI is InChI=1S/C8H16O4S/c1-8(2)4-7(5-11-8)6-12-13(3,9)10/h7H,4-6H2,1-3H3. The van der Waals surface area contributed by atoms with Crippen LogP contribution in [0, 0.1) is 5.92 Å². The third-order valence-electron chi connectivity index (χ3n) is 2.01. The Kier molecular flexibility index (Phi) is 2.99. The van der Waals surface area contributed by atoms with Gasteiger partial charge in [-0.2, -0.15) is 8.42 Å². The zero-order valence-corrected chi connectivity index (χ0v) is 9.06. The quantitative estimate of drug-likeness (QED) is 0.643. The van der Waals surface area contributed by atoms with Gasteiger partial charge in [-0.25, -0.2) is 0 Å². The van der Waals surface area contributed by atoms with Crippen molar-refractivity contribution in [2.45, 2.75) is 25.9 Å². The average molecular weight is 208 g/mol. The molecule has 0 aromatic rings. The topological polar surface area (TPSA) is 52.6 Å². The van der Waals surface area contributed by atoms with Gasteiger partial charge in [-0.05, 0) is 20.3 Å². The summed E-state index contributed by atoms with van der Waals surface area (Å²) in [5.74, 6) is 0.199. The summed E-state index contributed by atoms with van der Waals surface area (Å²) < 4.78 is 31.5. The van der Waals surface area contributed by atoms with E-state index in [1.807, 2.05) is 13.8 Å². The Morgan fingerprint density at radius 1 is 1.54 bits per heavy atom. The van der Waals surface area contributed by atoms with E-state index in [0.717, 1.165) is 12.7 Å². The SMILES string of the molecule is CC1(C)CC(COS(C)(=O)=O)CO1. The molecular weight excluding hydrogens is 192 g/mol. The Balaban J connectivity index is 2.34. The number of hydrogen-bond acceptors (Lipinski definition) is 4. The van der Waals surface area contributed by atoms with Crippen LogP contribution >= 0.6 is 0 Å². The molecule has 0 aliphatic carbocycles. The first-order valence-corrected chi connectivity index (χ1v) is 6.08. The lowest BCUT2D eigenvalue weighted by Crippen LogP contribution is -2.18. The molecule has 1 atom stereocenters. The fourth-order valence-electron chi connectivity index (χ4n) is 1.48. The van der Waals surface area contributed by atoms with Gasteiger partial charge in [0.15, 0.2) is 0 Å². The van der Waals surface area contributed by atoms with Crippen LogP contribution in [0.2, 0.25) is 0 Å². The van der Waals surface area contributed by atoms with Crippen molar-refractivity contribution in [1.29, 1.82) is 0 Å². The molecule has 13 heavy (non-hydrogen) atoms. The van der Waals surface area contributed by atoms with Crippen LogP contribution in [0.3, 0.4) is 0 Å². The van der Waals surface area contributed by atoms with Gasteiger partial charge in [0.2, 0.25) is 0 Å². The molecule has 1 aliphatic heterocycles. The van der Waals surface area contributed by atoms with E-state index in [2.05, 4.69) is 0 Å². The Morgan fingerprint density at radius 3 is 2.54 bits per heavy atom. The van der Waals surface area contributed by atoms with E-state index in [0.29, 0.717) is 6.61 Å². The zero-order chi connectivity index (χ0) is 10.1. The minimum absolute atomic E-state index is 0.133. The monoisotopic (exact) mass is 208 g/mol. The van der Waals surface area contributed by atoms with Crippen molar-refractivity contribution in [3.8, 4) is 0 Å². The fourth-order valence-corrected chi connectivity index (χ4v) is 1.92. The normalized spacial score (nSPS) is 27.8. The molecule has 0 aromatic heterocycles. The lowest BCUT2D eigenvalue weighted by Gasteiger charge is -2.15. The van der Waals surface area contributed by atoms with Crippen LogP contribution in [0.1, 0.15) is 20.3 Å². The van der Waals surface area contributed by atoms with E-state index in [1.165, 1.54) is 0 Å². The van der Waals surface area contributed by atoms with Crippen LogP contribution in [-0.2, 0) is 19.0 Å². The van der Waals surface area contributed by atoms with E-state index in [-0.39, 0.29) is 18.1 Å². The molecule has 1 aliphatic rings. The molecule has 0 bridgehead atoms. The van der Waals surface area contributed by atoms with Crippen LogP contribution in [0.5, 0.6) is 0 Å². The summed E-state index contributed by atoms with van der Waals surface area (Å²) in [6, 6.07) is 0. The van der Waals surface area contributed by atoms with E-state index >= 15 is 0 Å². The lowest BCUT2D eigenvalue weighted by atomic mass is 9.99. The van der Waals surface area contributed by atoms with Gasteiger partial charge in [-0.15, -0.1) is 0 Å². The first kappa shape index (κ1) is 10.9. The van der Waals surface area contributed by atoms with Crippen LogP contribution in [0.4, 0.5) is 0 Å². The second-order valence-corrected chi connectivity index (χ2v) is 5.77. The molecule has 1 fully saturated rings. The lowest BCUT2D eigenvalue weighted by molar-refractivity contribution is 0.0342. The van der Waals surface area contributed by atoms with Gasteiger partial charge in [0.1, 0.15) is 0 Å². The van der Waals surface area contributed by atoms with E-state index in [1.54, 1.807) is 0 Å². The molecule has 1 rings (SSSR count). The summed E-state index contributed by atoms with van der Waals surface area (Å²) in [5.41, 5.74) is -0.133. The highest BCUT2D eigenvalue weighted by Gasteiger charge is 2.32.